The number of carbonyl (C=O) groups excluding carboxylic acids is 1. The Balaban J connectivity index is 1.87. The lowest BCUT2D eigenvalue weighted by molar-refractivity contribution is 0.0729. The molecular weight excluding hydrogens is 274 g/mol. The SMILES string of the molecule is O=C(c1cccc(Cl)n1)N1CCCC1c1cccnc1. The van der Waals surface area contributed by atoms with Gasteiger partial charge in [-0.15, -0.1) is 0 Å². The maximum Gasteiger partial charge on any atom is 0.273 e. The van der Waals surface area contributed by atoms with E-state index in [1.54, 1.807) is 24.4 Å². The van der Waals surface area contributed by atoms with Crippen molar-refractivity contribution in [3.05, 3.63) is 59.1 Å². The topological polar surface area (TPSA) is 46.1 Å². The number of carbonyl (C=O) groups is 1. The fraction of sp³-hybridized carbons (Fsp3) is 0.267. The molecule has 2 aromatic rings. The Morgan fingerprint density at radius 2 is 2.20 bits per heavy atom. The molecule has 4 nitrogen and oxygen atoms in total. The van der Waals surface area contributed by atoms with Crippen molar-refractivity contribution in [2.24, 2.45) is 0 Å². The van der Waals surface area contributed by atoms with Crippen LogP contribution in [0.1, 0.15) is 34.9 Å². The first-order valence-corrected chi connectivity index (χ1v) is 6.97. The average Bonchev–Trinajstić information content (AvgIpc) is 2.97. The van der Waals surface area contributed by atoms with Crippen LogP contribution in [0.3, 0.4) is 0 Å². The molecule has 0 N–H and O–H groups in total. The molecule has 1 saturated heterocycles. The first-order chi connectivity index (χ1) is 9.75. The maximum absolute atomic E-state index is 12.6. The van der Waals surface area contributed by atoms with Crippen molar-refractivity contribution in [3.8, 4) is 0 Å². The second kappa shape index (κ2) is 5.59. The molecule has 1 unspecified atom stereocenters. The Morgan fingerprint density at radius 1 is 1.30 bits per heavy atom. The number of likely N-dealkylation sites (tertiary alicyclic amines) is 1. The van der Waals surface area contributed by atoms with Gasteiger partial charge in [0.2, 0.25) is 0 Å². The van der Waals surface area contributed by atoms with Crippen LogP contribution in [-0.4, -0.2) is 27.3 Å². The molecule has 1 atom stereocenters. The number of nitrogens with zero attached hydrogens (tertiary/aromatic N) is 3. The predicted octanol–water partition coefficient (Wildman–Crippen LogP) is 3.11. The first-order valence-electron chi connectivity index (χ1n) is 6.59. The number of hydrogen-bond donors (Lipinski definition) is 0. The average molecular weight is 288 g/mol. The summed E-state index contributed by atoms with van der Waals surface area (Å²) < 4.78 is 0. The maximum atomic E-state index is 12.6. The lowest BCUT2D eigenvalue weighted by Crippen LogP contribution is -2.31. The van der Waals surface area contributed by atoms with Crippen LogP contribution < -0.4 is 0 Å². The zero-order chi connectivity index (χ0) is 13.9. The summed E-state index contributed by atoms with van der Waals surface area (Å²) in [6.45, 7) is 0.743. The summed E-state index contributed by atoms with van der Waals surface area (Å²) in [5, 5.41) is 0.341. The lowest BCUT2D eigenvalue weighted by atomic mass is 10.1. The van der Waals surface area contributed by atoms with E-state index >= 15 is 0 Å². The number of amides is 1. The van der Waals surface area contributed by atoms with Crippen LogP contribution >= 0.6 is 11.6 Å². The summed E-state index contributed by atoms with van der Waals surface area (Å²) in [4.78, 5) is 22.7. The fourth-order valence-corrected chi connectivity index (χ4v) is 2.77. The van der Waals surface area contributed by atoms with Crippen LogP contribution in [0.25, 0.3) is 0 Å². The molecule has 3 rings (SSSR count). The summed E-state index contributed by atoms with van der Waals surface area (Å²) in [5.74, 6) is -0.0705. The van der Waals surface area contributed by atoms with Crippen LogP contribution in [-0.2, 0) is 0 Å². The zero-order valence-corrected chi connectivity index (χ0v) is 11.6. The highest BCUT2D eigenvalue weighted by molar-refractivity contribution is 6.29. The minimum atomic E-state index is -0.0705. The smallest absolute Gasteiger partial charge is 0.273 e. The third kappa shape index (κ3) is 2.51. The van der Waals surface area contributed by atoms with Crippen LogP contribution in [0.5, 0.6) is 0 Å². The highest BCUT2D eigenvalue weighted by Crippen LogP contribution is 2.32. The Hall–Kier alpha value is -1.94. The third-order valence-corrected chi connectivity index (χ3v) is 3.73. The zero-order valence-electron chi connectivity index (χ0n) is 10.9. The van der Waals surface area contributed by atoms with Crippen LogP contribution in [0.15, 0.2) is 42.7 Å². The molecule has 3 heterocycles. The van der Waals surface area contributed by atoms with Gasteiger partial charge in [0.05, 0.1) is 6.04 Å². The van der Waals surface area contributed by atoms with E-state index < -0.39 is 0 Å². The molecule has 5 heteroatoms. The summed E-state index contributed by atoms with van der Waals surface area (Å²) >= 11 is 5.86. The van der Waals surface area contributed by atoms with Gasteiger partial charge in [-0.1, -0.05) is 23.7 Å². The summed E-state index contributed by atoms with van der Waals surface area (Å²) in [7, 11) is 0. The number of rotatable bonds is 2. The van der Waals surface area contributed by atoms with E-state index in [-0.39, 0.29) is 11.9 Å². The van der Waals surface area contributed by atoms with Gasteiger partial charge in [-0.3, -0.25) is 9.78 Å². The molecular formula is C15H14ClN3O. The molecule has 0 saturated carbocycles. The van der Waals surface area contributed by atoms with Crippen LogP contribution in [0.2, 0.25) is 5.15 Å². The van der Waals surface area contributed by atoms with Gasteiger partial charge in [0.1, 0.15) is 10.8 Å². The minimum Gasteiger partial charge on any atom is -0.330 e. The van der Waals surface area contributed by atoms with Crippen molar-refractivity contribution >= 4 is 17.5 Å². The largest absolute Gasteiger partial charge is 0.330 e. The van der Waals surface area contributed by atoms with E-state index in [2.05, 4.69) is 9.97 Å². The van der Waals surface area contributed by atoms with Crippen LogP contribution in [0, 0.1) is 0 Å². The quantitative estimate of drug-likeness (QED) is 0.797. The monoisotopic (exact) mass is 287 g/mol. The van der Waals surface area contributed by atoms with Crippen molar-refractivity contribution in [3.63, 3.8) is 0 Å². The van der Waals surface area contributed by atoms with Crippen molar-refractivity contribution in [2.45, 2.75) is 18.9 Å². The van der Waals surface area contributed by atoms with E-state index in [1.165, 1.54) is 0 Å². The lowest BCUT2D eigenvalue weighted by Gasteiger charge is -2.24. The highest BCUT2D eigenvalue weighted by Gasteiger charge is 2.31. The fourth-order valence-electron chi connectivity index (χ4n) is 2.60. The molecule has 1 amide bonds. The number of hydrogen-bond acceptors (Lipinski definition) is 3. The van der Waals surface area contributed by atoms with E-state index in [4.69, 9.17) is 11.6 Å². The third-order valence-electron chi connectivity index (χ3n) is 3.52. The molecule has 2 aromatic heterocycles. The van der Waals surface area contributed by atoms with Crippen molar-refractivity contribution < 1.29 is 4.79 Å². The Morgan fingerprint density at radius 3 is 2.95 bits per heavy atom. The second-order valence-electron chi connectivity index (χ2n) is 4.79. The first kappa shape index (κ1) is 13.1. The molecule has 102 valence electrons. The molecule has 0 radical (unpaired) electrons. The van der Waals surface area contributed by atoms with Gasteiger partial charge in [0.25, 0.3) is 5.91 Å². The Bertz CT molecular complexity index is 618. The number of aromatic nitrogens is 2. The predicted molar refractivity (Wildman–Crippen MR) is 76.5 cm³/mol. The number of halogens is 1. The van der Waals surface area contributed by atoms with E-state index in [0.717, 1.165) is 24.9 Å². The molecule has 0 bridgehead atoms. The van der Waals surface area contributed by atoms with Gasteiger partial charge >= 0.3 is 0 Å². The highest BCUT2D eigenvalue weighted by atomic mass is 35.5. The van der Waals surface area contributed by atoms with Gasteiger partial charge in [-0.25, -0.2) is 4.98 Å². The van der Waals surface area contributed by atoms with Gasteiger partial charge in [0.15, 0.2) is 0 Å². The molecule has 0 aromatic carbocycles. The molecule has 1 fully saturated rings. The van der Waals surface area contributed by atoms with Gasteiger partial charge in [0, 0.05) is 18.9 Å². The standard InChI is InChI=1S/C15H14ClN3O/c16-14-7-1-5-12(18-14)15(20)19-9-3-6-13(19)11-4-2-8-17-10-11/h1-2,4-5,7-8,10,13H,3,6,9H2. The molecule has 20 heavy (non-hydrogen) atoms. The Labute approximate surface area is 122 Å². The van der Waals surface area contributed by atoms with Crippen LogP contribution in [0.4, 0.5) is 0 Å². The summed E-state index contributed by atoms with van der Waals surface area (Å²) in [5.41, 5.74) is 1.47. The van der Waals surface area contributed by atoms with E-state index in [0.29, 0.717) is 10.8 Å². The van der Waals surface area contributed by atoms with Gasteiger partial charge < -0.3 is 4.90 Å². The molecule has 0 aliphatic carbocycles. The normalized spacial score (nSPS) is 18.2. The van der Waals surface area contributed by atoms with Gasteiger partial charge in [-0.2, -0.15) is 0 Å². The molecule has 0 spiro atoms. The summed E-state index contributed by atoms with van der Waals surface area (Å²) in [6, 6.07) is 9.10. The van der Waals surface area contributed by atoms with Crippen molar-refractivity contribution in [1.82, 2.24) is 14.9 Å². The summed E-state index contributed by atoms with van der Waals surface area (Å²) in [6.07, 6.45) is 5.51. The van der Waals surface area contributed by atoms with E-state index in [9.17, 15) is 4.79 Å². The minimum absolute atomic E-state index is 0.0705. The van der Waals surface area contributed by atoms with Crippen molar-refractivity contribution in [1.29, 1.82) is 0 Å². The Kier molecular flexibility index (Phi) is 3.65. The van der Waals surface area contributed by atoms with Gasteiger partial charge in [-0.05, 0) is 36.6 Å². The van der Waals surface area contributed by atoms with Crippen molar-refractivity contribution in [2.75, 3.05) is 6.54 Å². The number of pyridine rings is 2. The molecule has 1 aliphatic rings. The second-order valence-corrected chi connectivity index (χ2v) is 5.18. The van der Waals surface area contributed by atoms with E-state index in [1.807, 2.05) is 23.2 Å². The molecule has 1 aliphatic heterocycles.